The molecule has 0 aromatic heterocycles. The van der Waals surface area contributed by atoms with Gasteiger partial charge in [0.05, 0.1) is 0 Å². The van der Waals surface area contributed by atoms with Crippen molar-refractivity contribution in [3.8, 4) is 0 Å². The molecule has 0 amide bonds. The van der Waals surface area contributed by atoms with E-state index in [1.807, 2.05) is 0 Å². The Morgan fingerprint density at radius 2 is 1.80 bits per heavy atom. The van der Waals surface area contributed by atoms with Crippen LogP contribution in [0.4, 0.5) is 13.2 Å². The number of halogens is 3. The van der Waals surface area contributed by atoms with Gasteiger partial charge in [0, 0.05) is 12.0 Å². The molecule has 2 N–H and O–H groups in total. The molecule has 0 unspecified atom stereocenters. The van der Waals surface area contributed by atoms with Gasteiger partial charge in [-0.25, -0.2) is 0 Å². The Labute approximate surface area is 57.4 Å². The van der Waals surface area contributed by atoms with Crippen LogP contribution in [0.2, 0.25) is 0 Å². The summed E-state index contributed by atoms with van der Waals surface area (Å²) in [5, 5.41) is 0. The van der Waals surface area contributed by atoms with Crippen LogP contribution in [0.5, 0.6) is 0 Å². The van der Waals surface area contributed by atoms with Crippen molar-refractivity contribution in [2.24, 2.45) is 5.73 Å². The smallest absolute Gasteiger partial charge is 0.325 e. The van der Waals surface area contributed by atoms with Crippen molar-refractivity contribution >= 4 is 0 Å². The molecule has 60 valence electrons. The van der Waals surface area contributed by atoms with E-state index in [1.165, 1.54) is 0 Å². The lowest BCUT2D eigenvalue weighted by Gasteiger charge is -2.09. The lowest BCUT2D eigenvalue weighted by Crippen LogP contribution is -2.24. The van der Waals surface area contributed by atoms with E-state index in [9.17, 15) is 13.2 Å². The zero-order valence-electron chi connectivity index (χ0n) is 5.54. The molecule has 0 aromatic carbocycles. The van der Waals surface area contributed by atoms with Crippen molar-refractivity contribution in [1.82, 2.24) is 0 Å². The maximum atomic E-state index is 11.6. The first-order valence-electron chi connectivity index (χ1n) is 3.27. The van der Waals surface area contributed by atoms with Crippen LogP contribution in [0.15, 0.2) is 0 Å². The van der Waals surface area contributed by atoms with Crippen molar-refractivity contribution in [3.63, 3.8) is 0 Å². The monoisotopic (exact) mass is 153 g/mol. The van der Waals surface area contributed by atoms with E-state index in [0.29, 0.717) is 0 Å². The Hall–Kier alpha value is -0.250. The van der Waals surface area contributed by atoms with Crippen LogP contribution in [-0.2, 0) is 0 Å². The molecule has 1 nitrogen and oxygen atoms in total. The summed E-state index contributed by atoms with van der Waals surface area (Å²) in [4.78, 5) is 0. The van der Waals surface area contributed by atoms with Crippen LogP contribution in [0.1, 0.15) is 25.7 Å². The van der Waals surface area contributed by atoms with E-state index in [-0.39, 0.29) is 6.42 Å². The lowest BCUT2D eigenvalue weighted by molar-refractivity contribution is -0.136. The number of hydrogen-bond acceptors (Lipinski definition) is 1. The normalized spacial score (nSPS) is 22.8. The van der Waals surface area contributed by atoms with Crippen molar-refractivity contribution in [2.75, 3.05) is 0 Å². The third-order valence-corrected chi connectivity index (χ3v) is 1.80. The first kappa shape index (κ1) is 7.85. The molecule has 1 saturated carbocycles. The van der Waals surface area contributed by atoms with Crippen molar-refractivity contribution in [3.05, 3.63) is 0 Å². The van der Waals surface area contributed by atoms with Gasteiger partial charge < -0.3 is 5.73 Å². The molecule has 0 bridgehead atoms. The van der Waals surface area contributed by atoms with Gasteiger partial charge in [-0.3, -0.25) is 0 Å². The molecule has 1 fully saturated rings. The fourth-order valence-corrected chi connectivity index (χ4v) is 0.801. The van der Waals surface area contributed by atoms with E-state index in [1.54, 1.807) is 0 Å². The highest BCUT2D eigenvalue weighted by molar-refractivity contribution is 4.98. The third kappa shape index (κ3) is 2.56. The molecule has 0 radical (unpaired) electrons. The van der Waals surface area contributed by atoms with Crippen LogP contribution >= 0.6 is 0 Å². The summed E-state index contributed by atoms with van der Waals surface area (Å²) in [5.41, 5.74) is 4.99. The van der Waals surface area contributed by atoms with Crippen molar-refractivity contribution < 1.29 is 13.2 Å². The highest BCUT2D eigenvalue weighted by Gasteiger charge is 2.41. The average Bonchev–Trinajstić information content (AvgIpc) is 2.43. The van der Waals surface area contributed by atoms with Gasteiger partial charge >= 0.3 is 6.18 Å². The number of rotatable bonds is 2. The van der Waals surface area contributed by atoms with Crippen molar-refractivity contribution in [1.29, 1.82) is 0 Å². The van der Waals surface area contributed by atoms with Crippen LogP contribution in [0, 0.1) is 0 Å². The van der Waals surface area contributed by atoms with Gasteiger partial charge in [0.2, 0.25) is 0 Å². The lowest BCUT2D eigenvalue weighted by atomic mass is 10.1. The molecule has 4 heteroatoms. The highest BCUT2D eigenvalue weighted by Crippen LogP contribution is 2.39. The van der Waals surface area contributed by atoms with E-state index in [2.05, 4.69) is 0 Å². The molecule has 0 aliphatic heterocycles. The van der Waals surface area contributed by atoms with Gasteiger partial charge in [0.25, 0.3) is 0 Å². The predicted molar refractivity (Wildman–Crippen MR) is 31.4 cm³/mol. The molecule has 0 aromatic rings. The van der Waals surface area contributed by atoms with Crippen LogP contribution < -0.4 is 5.73 Å². The Bertz CT molecular complexity index is 120. The van der Waals surface area contributed by atoms with E-state index in [0.717, 1.165) is 12.8 Å². The number of hydrogen-bond donors (Lipinski definition) is 1. The second-order valence-electron chi connectivity index (χ2n) is 2.98. The molecular formula is C6H10F3N. The minimum atomic E-state index is -4.03. The Morgan fingerprint density at radius 3 is 2.10 bits per heavy atom. The van der Waals surface area contributed by atoms with Gasteiger partial charge in [-0.2, -0.15) is 13.2 Å². The largest absolute Gasteiger partial charge is 0.389 e. The molecule has 1 aliphatic carbocycles. The molecule has 10 heavy (non-hydrogen) atoms. The van der Waals surface area contributed by atoms with Gasteiger partial charge in [-0.1, -0.05) is 0 Å². The molecule has 0 heterocycles. The summed E-state index contributed by atoms with van der Waals surface area (Å²) in [6, 6.07) is 0. The maximum absolute atomic E-state index is 11.6. The SMILES string of the molecule is NC1(CCC(F)(F)F)CC1. The Kier molecular flexibility index (Phi) is 1.66. The predicted octanol–water partition coefficient (Wildman–Crippen LogP) is 1.82. The molecule has 1 rings (SSSR count). The number of alkyl halides is 3. The summed E-state index contributed by atoms with van der Waals surface area (Å²) in [6.45, 7) is 0. The summed E-state index contributed by atoms with van der Waals surface area (Å²) in [5.74, 6) is 0. The Balaban J connectivity index is 2.17. The van der Waals surface area contributed by atoms with Gasteiger partial charge in [0.15, 0.2) is 0 Å². The van der Waals surface area contributed by atoms with E-state index in [4.69, 9.17) is 5.73 Å². The zero-order valence-corrected chi connectivity index (χ0v) is 5.54. The molecule has 0 atom stereocenters. The zero-order chi connectivity index (χ0) is 7.83. The topological polar surface area (TPSA) is 26.0 Å². The maximum Gasteiger partial charge on any atom is 0.389 e. The van der Waals surface area contributed by atoms with E-state index < -0.39 is 18.1 Å². The molecule has 0 saturated heterocycles. The minimum Gasteiger partial charge on any atom is -0.325 e. The summed E-state index contributed by atoms with van der Waals surface area (Å²) < 4.78 is 34.7. The highest BCUT2D eigenvalue weighted by atomic mass is 19.4. The summed E-state index contributed by atoms with van der Waals surface area (Å²) in [7, 11) is 0. The fourth-order valence-electron chi connectivity index (χ4n) is 0.801. The van der Waals surface area contributed by atoms with Gasteiger partial charge in [-0.05, 0) is 19.3 Å². The third-order valence-electron chi connectivity index (χ3n) is 1.80. The van der Waals surface area contributed by atoms with Crippen molar-refractivity contribution in [2.45, 2.75) is 37.4 Å². The standard InChI is InChI=1S/C6H10F3N/c7-6(8,9)4-3-5(10)1-2-5/h1-4,10H2. The summed E-state index contributed by atoms with van der Waals surface area (Å²) >= 11 is 0. The second kappa shape index (κ2) is 2.12. The first-order valence-corrected chi connectivity index (χ1v) is 3.27. The second-order valence-corrected chi connectivity index (χ2v) is 2.98. The quantitative estimate of drug-likeness (QED) is 0.643. The number of nitrogens with two attached hydrogens (primary N) is 1. The minimum absolute atomic E-state index is 0.0938. The van der Waals surface area contributed by atoms with Crippen LogP contribution in [0.3, 0.4) is 0 Å². The fraction of sp³-hybridized carbons (Fsp3) is 1.00. The van der Waals surface area contributed by atoms with Crippen LogP contribution in [-0.4, -0.2) is 11.7 Å². The Morgan fingerprint density at radius 1 is 1.30 bits per heavy atom. The molecule has 1 aliphatic rings. The first-order chi connectivity index (χ1) is 4.41. The van der Waals surface area contributed by atoms with Gasteiger partial charge in [-0.15, -0.1) is 0 Å². The van der Waals surface area contributed by atoms with E-state index >= 15 is 0 Å². The summed E-state index contributed by atoms with van der Waals surface area (Å²) in [6.07, 6.45) is -3.17. The molecular weight excluding hydrogens is 143 g/mol. The molecule has 0 spiro atoms. The van der Waals surface area contributed by atoms with Crippen LogP contribution in [0.25, 0.3) is 0 Å². The van der Waals surface area contributed by atoms with Gasteiger partial charge in [0.1, 0.15) is 0 Å². The average molecular weight is 153 g/mol.